The summed E-state index contributed by atoms with van der Waals surface area (Å²) in [5.41, 5.74) is 3.70. The lowest BCUT2D eigenvalue weighted by Crippen LogP contribution is -2.31. The molecule has 0 bridgehead atoms. The largest absolute Gasteiger partial charge is 0.495 e. The summed E-state index contributed by atoms with van der Waals surface area (Å²) in [6.45, 7) is 1.89. The zero-order valence-corrected chi connectivity index (χ0v) is 26.8. The van der Waals surface area contributed by atoms with E-state index >= 15 is 0 Å². The van der Waals surface area contributed by atoms with E-state index in [9.17, 15) is 24.0 Å². The Balaban J connectivity index is 1.40. The molecule has 1 unspecified atom stereocenters. The minimum Gasteiger partial charge on any atom is -0.495 e. The molecule has 0 saturated carbocycles. The average molecular weight is 654 g/mol. The number of ether oxygens (including phenoxy) is 3. The number of carbonyl (C=O) groups excluding carboxylic acids is 5. The molecule has 4 rings (SSSR count). The van der Waals surface area contributed by atoms with E-state index in [4.69, 9.17) is 14.2 Å². The number of aryl methyl sites for hydroxylation is 1. The third kappa shape index (κ3) is 9.16. The van der Waals surface area contributed by atoms with Gasteiger partial charge in [-0.3, -0.25) is 19.4 Å². The van der Waals surface area contributed by atoms with Crippen LogP contribution in [0.2, 0.25) is 0 Å². The molecule has 0 aliphatic rings. The highest BCUT2D eigenvalue weighted by atomic mass is 16.5. The zero-order valence-electron chi connectivity index (χ0n) is 26.8. The molecule has 4 amide bonds. The average Bonchev–Trinajstić information content (AvgIpc) is 3.09. The lowest BCUT2D eigenvalue weighted by Gasteiger charge is -2.19. The van der Waals surface area contributed by atoms with E-state index in [2.05, 4.69) is 26.3 Å². The van der Waals surface area contributed by atoms with Gasteiger partial charge in [-0.2, -0.15) is 0 Å². The van der Waals surface area contributed by atoms with E-state index in [1.165, 1.54) is 39.8 Å². The third-order valence-electron chi connectivity index (χ3n) is 7.24. The third-order valence-corrected chi connectivity index (χ3v) is 7.24. The minimum atomic E-state index is -0.821. The van der Waals surface area contributed by atoms with E-state index < -0.39 is 29.9 Å². The first-order valence-electron chi connectivity index (χ1n) is 14.7. The predicted octanol–water partition coefficient (Wildman–Crippen LogP) is 5.04. The Kier molecular flexibility index (Phi) is 11.8. The smallest absolute Gasteiger partial charge is 0.338 e. The maximum absolute atomic E-state index is 13.1. The van der Waals surface area contributed by atoms with Crippen LogP contribution in [0.4, 0.5) is 21.9 Å². The lowest BCUT2D eigenvalue weighted by molar-refractivity contribution is -0.141. The summed E-state index contributed by atoms with van der Waals surface area (Å²) in [5, 5.41) is 11.1. The number of pyridine rings is 1. The molecule has 1 aromatic heterocycles. The van der Waals surface area contributed by atoms with Crippen molar-refractivity contribution in [3.05, 3.63) is 113 Å². The van der Waals surface area contributed by atoms with Crippen molar-refractivity contribution >= 4 is 46.8 Å². The summed E-state index contributed by atoms with van der Waals surface area (Å²) < 4.78 is 15.0. The molecule has 0 aliphatic carbocycles. The van der Waals surface area contributed by atoms with Crippen LogP contribution in [-0.4, -0.2) is 56.1 Å². The highest BCUT2D eigenvalue weighted by molar-refractivity contribution is 6.05. The molecule has 1 heterocycles. The molecule has 3 aromatic carbocycles. The number of benzene rings is 3. The topological polar surface area (TPSA) is 174 Å². The van der Waals surface area contributed by atoms with E-state index in [1.807, 2.05) is 25.1 Å². The monoisotopic (exact) mass is 653 g/mol. The van der Waals surface area contributed by atoms with Gasteiger partial charge in [-0.25, -0.2) is 9.59 Å². The van der Waals surface area contributed by atoms with Crippen molar-refractivity contribution in [3.8, 4) is 5.75 Å². The highest BCUT2D eigenvalue weighted by Crippen LogP contribution is 2.27. The minimum absolute atomic E-state index is 0.0163. The molecule has 0 radical (unpaired) electrons. The second-order valence-electron chi connectivity index (χ2n) is 10.5. The van der Waals surface area contributed by atoms with Crippen molar-refractivity contribution in [1.82, 2.24) is 10.3 Å². The molecule has 0 spiro atoms. The van der Waals surface area contributed by atoms with Crippen LogP contribution in [0.5, 0.6) is 5.75 Å². The van der Waals surface area contributed by atoms with Gasteiger partial charge < -0.3 is 35.5 Å². The number of nitrogens with zero attached hydrogens (tertiary/aromatic N) is 1. The predicted molar refractivity (Wildman–Crippen MR) is 178 cm³/mol. The molecule has 48 heavy (non-hydrogen) atoms. The van der Waals surface area contributed by atoms with Crippen molar-refractivity contribution in [1.29, 1.82) is 0 Å². The zero-order chi connectivity index (χ0) is 34.6. The number of rotatable bonds is 12. The van der Waals surface area contributed by atoms with Crippen LogP contribution in [0.25, 0.3) is 0 Å². The molecule has 4 aromatic rings. The summed E-state index contributed by atoms with van der Waals surface area (Å²) in [6.07, 6.45) is 2.42. The second-order valence-corrected chi connectivity index (χ2v) is 10.5. The Hall–Kier alpha value is -6.24. The Morgan fingerprint density at radius 2 is 1.52 bits per heavy atom. The van der Waals surface area contributed by atoms with Gasteiger partial charge in [0.25, 0.3) is 5.91 Å². The molecule has 1 atom stereocenters. The van der Waals surface area contributed by atoms with E-state index in [0.29, 0.717) is 33.9 Å². The SMILES string of the molecule is COC(=O)CC(NC(=O)c1cnccc1C(=O)OC)c1ccc(NC(=O)Cc2ccc(NC(=O)Nc3ccccc3C)c(OC)c2)cc1. The van der Waals surface area contributed by atoms with Crippen LogP contribution in [-0.2, 0) is 25.5 Å². The number of aromatic nitrogens is 1. The number of carbonyl (C=O) groups is 5. The second kappa shape index (κ2) is 16.4. The first-order chi connectivity index (χ1) is 23.1. The van der Waals surface area contributed by atoms with Gasteiger partial charge in [-0.05, 0) is 60.0 Å². The van der Waals surface area contributed by atoms with Crippen LogP contribution in [0.3, 0.4) is 0 Å². The number of para-hydroxylation sites is 1. The fourth-order valence-electron chi connectivity index (χ4n) is 4.73. The number of urea groups is 1. The van der Waals surface area contributed by atoms with Gasteiger partial charge in [-0.15, -0.1) is 0 Å². The van der Waals surface area contributed by atoms with Crippen molar-refractivity contribution in [2.75, 3.05) is 37.3 Å². The number of nitrogens with one attached hydrogen (secondary N) is 4. The molecule has 0 fully saturated rings. The molecule has 13 nitrogen and oxygen atoms in total. The number of hydrogen-bond donors (Lipinski definition) is 4. The van der Waals surface area contributed by atoms with Crippen molar-refractivity contribution in [2.45, 2.75) is 25.8 Å². The van der Waals surface area contributed by atoms with Gasteiger partial charge in [0, 0.05) is 23.8 Å². The van der Waals surface area contributed by atoms with Crippen LogP contribution in [0, 0.1) is 6.92 Å². The van der Waals surface area contributed by atoms with Crippen LogP contribution < -0.4 is 26.0 Å². The standard InChI is InChI=1S/C35H35N5O8/c1-21-7-5-6-8-27(21)39-35(45)40-28-14-9-22(17-30(28)46-2)18-31(41)37-24-12-10-23(11-13-24)29(19-32(42)47-3)38-33(43)26-20-36-16-15-25(26)34(44)48-4/h5-17,20,29H,18-19H2,1-4H3,(H,37,41)(H,38,43)(H2,39,40,45). The number of hydrogen-bond acceptors (Lipinski definition) is 9. The van der Waals surface area contributed by atoms with E-state index in [1.54, 1.807) is 48.5 Å². The Morgan fingerprint density at radius 3 is 2.21 bits per heavy atom. The summed E-state index contributed by atoms with van der Waals surface area (Å²) in [5.74, 6) is -1.85. The molecular weight excluding hydrogens is 618 g/mol. The van der Waals surface area contributed by atoms with Gasteiger partial charge in [-0.1, -0.05) is 36.4 Å². The summed E-state index contributed by atoms with van der Waals surface area (Å²) in [7, 11) is 3.90. The first kappa shape index (κ1) is 34.6. The van der Waals surface area contributed by atoms with Crippen LogP contribution in [0.15, 0.2) is 85.2 Å². The van der Waals surface area contributed by atoms with E-state index in [-0.39, 0.29) is 29.9 Å². The number of methoxy groups -OCH3 is 3. The molecule has 13 heteroatoms. The van der Waals surface area contributed by atoms with Crippen LogP contribution >= 0.6 is 0 Å². The van der Waals surface area contributed by atoms with Crippen LogP contribution in [0.1, 0.15) is 49.9 Å². The maximum Gasteiger partial charge on any atom is 0.338 e. The Labute approximate surface area is 277 Å². The maximum atomic E-state index is 13.1. The fourth-order valence-corrected chi connectivity index (χ4v) is 4.73. The molecule has 0 saturated heterocycles. The molecule has 248 valence electrons. The summed E-state index contributed by atoms with van der Waals surface area (Å²) >= 11 is 0. The normalized spacial score (nSPS) is 11.0. The van der Waals surface area contributed by atoms with Gasteiger partial charge in [0.05, 0.1) is 57.0 Å². The summed E-state index contributed by atoms with van der Waals surface area (Å²) in [6, 6.07) is 19.1. The Morgan fingerprint density at radius 1 is 0.792 bits per heavy atom. The van der Waals surface area contributed by atoms with E-state index in [0.717, 1.165) is 5.56 Å². The van der Waals surface area contributed by atoms with Crippen molar-refractivity contribution in [2.24, 2.45) is 0 Å². The number of anilines is 3. The Bertz CT molecular complexity index is 1810. The summed E-state index contributed by atoms with van der Waals surface area (Å²) in [4.78, 5) is 66.8. The van der Waals surface area contributed by atoms with Crippen molar-refractivity contribution < 1.29 is 38.2 Å². The fraction of sp³-hybridized carbons (Fsp3) is 0.200. The molecule has 4 N–H and O–H groups in total. The van der Waals surface area contributed by atoms with Gasteiger partial charge in [0.1, 0.15) is 5.75 Å². The van der Waals surface area contributed by atoms with Gasteiger partial charge >= 0.3 is 18.0 Å². The lowest BCUT2D eigenvalue weighted by atomic mass is 10.0. The number of amides is 4. The first-order valence-corrected chi connectivity index (χ1v) is 14.7. The van der Waals surface area contributed by atoms with Gasteiger partial charge in [0.2, 0.25) is 5.91 Å². The highest BCUT2D eigenvalue weighted by Gasteiger charge is 2.24. The van der Waals surface area contributed by atoms with Crippen molar-refractivity contribution in [3.63, 3.8) is 0 Å². The van der Waals surface area contributed by atoms with Gasteiger partial charge in [0.15, 0.2) is 0 Å². The quantitative estimate of drug-likeness (QED) is 0.153. The molecular formula is C35H35N5O8. The molecule has 0 aliphatic heterocycles. The number of esters is 2.